The van der Waals surface area contributed by atoms with Gasteiger partial charge in [0.05, 0.1) is 0 Å². The van der Waals surface area contributed by atoms with E-state index in [-0.39, 0.29) is 17.6 Å². The zero-order valence-electron chi connectivity index (χ0n) is 12.3. The van der Waals surface area contributed by atoms with Gasteiger partial charge in [0.1, 0.15) is 5.69 Å². The van der Waals surface area contributed by atoms with E-state index in [0.717, 1.165) is 12.8 Å². The number of carbonyl (C=O) groups excluding carboxylic acids is 2. The molecule has 112 valence electrons. The normalized spacial score (nSPS) is 18.0. The summed E-state index contributed by atoms with van der Waals surface area (Å²) in [6.45, 7) is 1.18. The number of aromatic nitrogens is 1. The van der Waals surface area contributed by atoms with Crippen molar-refractivity contribution in [1.29, 1.82) is 0 Å². The van der Waals surface area contributed by atoms with Gasteiger partial charge in [-0.3, -0.25) is 14.6 Å². The number of rotatable bonds is 3. The fourth-order valence-corrected chi connectivity index (χ4v) is 2.86. The van der Waals surface area contributed by atoms with Crippen molar-refractivity contribution in [3.8, 4) is 0 Å². The highest BCUT2D eigenvalue weighted by molar-refractivity contribution is 5.98. The molecule has 1 saturated heterocycles. The van der Waals surface area contributed by atoms with Crippen LogP contribution in [0.4, 0.5) is 0 Å². The molecule has 1 aromatic heterocycles. The van der Waals surface area contributed by atoms with Crippen molar-refractivity contribution in [3.05, 3.63) is 66.0 Å². The molecule has 4 nitrogen and oxygen atoms in total. The lowest BCUT2D eigenvalue weighted by molar-refractivity contribution is 0.0635. The Balaban J connectivity index is 1.72. The number of pyridine rings is 1. The molecule has 1 amide bonds. The molecule has 1 aromatic carbocycles. The summed E-state index contributed by atoms with van der Waals surface area (Å²) in [6, 6.07) is 14.6. The number of Topliss-reactive ketones (excluding diaryl/α,β-unsaturated/α-hetero) is 1. The molecule has 1 atom stereocenters. The number of ketones is 1. The second-order valence-electron chi connectivity index (χ2n) is 5.54. The molecule has 22 heavy (non-hydrogen) atoms. The number of nitrogens with zero attached hydrogens (tertiary/aromatic N) is 2. The number of carbonyl (C=O) groups is 2. The predicted molar refractivity (Wildman–Crippen MR) is 83.6 cm³/mol. The minimum absolute atomic E-state index is 0.000814. The average Bonchev–Trinajstić information content (AvgIpc) is 2.62. The average molecular weight is 294 g/mol. The zero-order valence-corrected chi connectivity index (χ0v) is 12.3. The van der Waals surface area contributed by atoms with Crippen LogP contribution in [-0.4, -0.2) is 34.7 Å². The fraction of sp³-hybridized carbons (Fsp3) is 0.278. The third-order valence-electron chi connectivity index (χ3n) is 4.02. The molecular formula is C18H18N2O2. The Hall–Kier alpha value is -2.49. The summed E-state index contributed by atoms with van der Waals surface area (Å²) in [5, 5.41) is 0. The van der Waals surface area contributed by atoms with Gasteiger partial charge in [0.15, 0.2) is 5.78 Å². The lowest BCUT2D eigenvalue weighted by Crippen LogP contribution is -2.42. The van der Waals surface area contributed by atoms with Gasteiger partial charge in [-0.2, -0.15) is 0 Å². The number of piperidine rings is 1. The first-order chi connectivity index (χ1) is 10.8. The molecule has 0 bridgehead atoms. The van der Waals surface area contributed by atoms with Crippen molar-refractivity contribution in [2.45, 2.75) is 12.8 Å². The lowest BCUT2D eigenvalue weighted by atomic mass is 9.91. The van der Waals surface area contributed by atoms with Crippen LogP contribution < -0.4 is 0 Å². The van der Waals surface area contributed by atoms with Gasteiger partial charge in [0, 0.05) is 30.8 Å². The van der Waals surface area contributed by atoms with Crippen LogP contribution in [0.1, 0.15) is 33.7 Å². The molecule has 0 radical (unpaired) electrons. The van der Waals surface area contributed by atoms with Gasteiger partial charge in [0.25, 0.3) is 5.91 Å². The van der Waals surface area contributed by atoms with Crippen molar-refractivity contribution in [1.82, 2.24) is 9.88 Å². The van der Waals surface area contributed by atoms with E-state index in [1.54, 1.807) is 23.2 Å². The Morgan fingerprint density at radius 2 is 1.82 bits per heavy atom. The molecule has 0 saturated carbocycles. The van der Waals surface area contributed by atoms with Crippen LogP contribution in [0.15, 0.2) is 54.7 Å². The van der Waals surface area contributed by atoms with Gasteiger partial charge in [-0.05, 0) is 37.1 Å². The van der Waals surface area contributed by atoms with E-state index in [0.29, 0.717) is 24.3 Å². The number of likely N-dealkylation sites (tertiary alicyclic amines) is 1. The van der Waals surface area contributed by atoms with Crippen LogP contribution in [-0.2, 0) is 0 Å². The quantitative estimate of drug-likeness (QED) is 0.818. The van der Waals surface area contributed by atoms with Crippen LogP contribution >= 0.6 is 0 Å². The lowest BCUT2D eigenvalue weighted by Gasteiger charge is -2.32. The second-order valence-corrected chi connectivity index (χ2v) is 5.54. The Bertz CT molecular complexity index is 598. The summed E-state index contributed by atoms with van der Waals surface area (Å²) in [7, 11) is 0. The van der Waals surface area contributed by atoms with E-state index < -0.39 is 0 Å². The second kappa shape index (κ2) is 6.52. The molecule has 0 aliphatic carbocycles. The molecule has 1 aliphatic heterocycles. The van der Waals surface area contributed by atoms with Crippen LogP contribution in [0.5, 0.6) is 0 Å². The predicted octanol–water partition coefficient (Wildman–Crippen LogP) is 2.82. The van der Waals surface area contributed by atoms with Crippen molar-refractivity contribution in [3.63, 3.8) is 0 Å². The summed E-state index contributed by atoms with van der Waals surface area (Å²) in [5.74, 6) is -0.124. The first-order valence-corrected chi connectivity index (χ1v) is 7.55. The smallest absolute Gasteiger partial charge is 0.253 e. The van der Waals surface area contributed by atoms with Crippen molar-refractivity contribution in [2.75, 3.05) is 13.1 Å². The highest BCUT2D eigenvalue weighted by Crippen LogP contribution is 2.21. The Morgan fingerprint density at radius 1 is 1.05 bits per heavy atom. The van der Waals surface area contributed by atoms with Gasteiger partial charge < -0.3 is 4.90 Å². The first-order valence-electron chi connectivity index (χ1n) is 7.55. The Morgan fingerprint density at radius 3 is 2.55 bits per heavy atom. The van der Waals surface area contributed by atoms with E-state index in [9.17, 15) is 9.59 Å². The molecular weight excluding hydrogens is 276 g/mol. The van der Waals surface area contributed by atoms with Crippen LogP contribution in [0.25, 0.3) is 0 Å². The molecule has 2 aromatic rings. The van der Waals surface area contributed by atoms with Gasteiger partial charge in [0.2, 0.25) is 0 Å². The SMILES string of the molecule is O=C(c1ccccn1)C1CCCN(C(=O)c2ccccc2)C1. The summed E-state index contributed by atoms with van der Waals surface area (Å²) in [4.78, 5) is 30.9. The van der Waals surface area contributed by atoms with Crippen molar-refractivity contribution in [2.24, 2.45) is 5.92 Å². The largest absolute Gasteiger partial charge is 0.338 e. The van der Waals surface area contributed by atoms with E-state index in [1.807, 2.05) is 36.4 Å². The van der Waals surface area contributed by atoms with E-state index in [2.05, 4.69) is 4.98 Å². The van der Waals surface area contributed by atoms with E-state index in [1.165, 1.54) is 0 Å². The van der Waals surface area contributed by atoms with E-state index >= 15 is 0 Å². The summed E-state index contributed by atoms with van der Waals surface area (Å²) >= 11 is 0. The number of hydrogen-bond donors (Lipinski definition) is 0. The number of hydrogen-bond acceptors (Lipinski definition) is 3. The third kappa shape index (κ3) is 3.06. The Kier molecular flexibility index (Phi) is 4.28. The van der Waals surface area contributed by atoms with Crippen molar-refractivity contribution >= 4 is 11.7 Å². The van der Waals surface area contributed by atoms with Gasteiger partial charge >= 0.3 is 0 Å². The molecule has 0 spiro atoms. The topological polar surface area (TPSA) is 50.3 Å². The Labute approximate surface area is 129 Å². The first kappa shape index (κ1) is 14.4. The number of benzene rings is 1. The summed E-state index contributed by atoms with van der Waals surface area (Å²) in [6.07, 6.45) is 3.29. The van der Waals surface area contributed by atoms with E-state index in [4.69, 9.17) is 0 Å². The molecule has 2 heterocycles. The fourth-order valence-electron chi connectivity index (χ4n) is 2.86. The van der Waals surface area contributed by atoms with Gasteiger partial charge in [-0.25, -0.2) is 0 Å². The molecule has 1 aliphatic rings. The third-order valence-corrected chi connectivity index (χ3v) is 4.02. The maximum atomic E-state index is 12.5. The van der Waals surface area contributed by atoms with Crippen molar-refractivity contribution < 1.29 is 9.59 Å². The monoisotopic (exact) mass is 294 g/mol. The molecule has 3 rings (SSSR count). The zero-order chi connectivity index (χ0) is 15.4. The maximum absolute atomic E-state index is 12.5. The van der Waals surface area contributed by atoms with Crippen LogP contribution in [0.3, 0.4) is 0 Å². The summed E-state index contributed by atoms with van der Waals surface area (Å²) in [5.41, 5.74) is 1.16. The molecule has 1 unspecified atom stereocenters. The summed E-state index contributed by atoms with van der Waals surface area (Å²) < 4.78 is 0. The molecule has 0 N–H and O–H groups in total. The van der Waals surface area contributed by atoms with Gasteiger partial charge in [-0.1, -0.05) is 24.3 Å². The minimum atomic E-state index is -0.156. The van der Waals surface area contributed by atoms with Crippen LogP contribution in [0, 0.1) is 5.92 Å². The highest BCUT2D eigenvalue weighted by Gasteiger charge is 2.29. The molecule has 4 heteroatoms. The molecule has 1 fully saturated rings. The number of amides is 1. The maximum Gasteiger partial charge on any atom is 0.253 e. The van der Waals surface area contributed by atoms with Crippen LogP contribution in [0.2, 0.25) is 0 Å². The highest BCUT2D eigenvalue weighted by atomic mass is 16.2. The standard InChI is InChI=1S/C18H18N2O2/c21-17(16-10-4-5-11-19-16)15-9-6-12-20(13-15)18(22)14-7-2-1-3-8-14/h1-5,7-8,10-11,15H,6,9,12-13H2. The minimum Gasteiger partial charge on any atom is -0.338 e. The van der Waals surface area contributed by atoms with Gasteiger partial charge in [-0.15, -0.1) is 0 Å².